The smallest absolute Gasteiger partial charge is 0.156 e. The van der Waals surface area contributed by atoms with Crippen molar-refractivity contribution < 1.29 is 14.6 Å². The van der Waals surface area contributed by atoms with Gasteiger partial charge in [0, 0.05) is 25.8 Å². The van der Waals surface area contributed by atoms with Gasteiger partial charge in [0.15, 0.2) is 5.78 Å². The molecule has 0 aliphatic heterocycles. The molecule has 0 spiro atoms. The van der Waals surface area contributed by atoms with Crippen LogP contribution in [-0.4, -0.2) is 39.8 Å². The minimum absolute atomic E-state index is 0.158. The summed E-state index contributed by atoms with van der Waals surface area (Å²) >= 11 is 0. The van der Waals surface area contributed by atoms with Gasteiger partial charge in [-0.05, 0) is 106 Å². The number of Topliss-reactive ketones (excluding diaryl/α,β-unsaturated/α-hetero) is 1. The Hall–Kier alpha value is -1.20. The van der Waals surface area contributed by atoms with Crippen LogP contribution in [0.1, 0.15) is 83.7 Å². The normalized spacial score (nSPS) is 44.7. The van der Waals surface area contributed by atoms with Gasteiger partial charge in [-0.3, -0.25) is 4.79 Å². The lowest BCUT2D eigenvalue weighted by molar-refractivity contribution is -0.157. The van der Waals surface area contributed by atoms with Crippen LogP contribution >= 0.6 is 0 Å². The number of nitrogens with zero attached hydrogens (tertiary/aromatic N) is 2. The molecule has 5 nitrogen and oxygen atoms in total. The van der Waals surface area contributed by atoms with E-state index in [0.717, 1.165) is 49.6 Å². The largest absolute Gasteiger partial charge is 0.390 e. The number of carbonyl (C=O) groups excluding carboxylic acids is 1. The van der Waals surface area contributed by atoms with Gasteiger partial charge in [0.1, 0.15) is 0 Å². The van der Waals surface area contributed by atoms with Gasteiger partial charge in [-0.1, -0.05) is 13.8 Å². The number of imidazole rings is 1. The van der Waals surface area contributed by atoms with E-state index < -0.39 is 5.60 Å². The Morgan fingerprint density at radius 2 is 1.91 bits per heavy atom. The first-order valence-corrected chi connectivity index (χ1v) is 13.4. The standard InChI is InChI=1S/C28H44N2O3/c1-19-16-30(18-29-19)17-25(31)24-8-7-22-21-6-5-20-15-28(32,13-14-33-4)12-11-26(20,2)23(21)9-10-27(22,24)3/h16,18,20-24,32H,5-15,17H2,1-4H3/t20-,21-,22-,23-,24+,26-,27-,28-/m0/s1. The second kappa shape index (κ2) is 8.48. The number of ketones is 1. The van der Waals surface area contributed by atoms with Crippen molar-refractivity contribution in [3.8, 4) is 0 Å². The predicted octanol–water partition coefficient (Wildman–Crippen LogP) is 5.19. The Bertz CT molecular complexity index is 882. The summed E-state index contributed by atoms with van der Waals surface area (Å²) < 4.78 is 7.26. The summed E-state index contributed by atoms with van der Waals surface area (Å²) in [6.07, 6.45) is 14.8. The predicted molar refractivity (Wildman–Crippen MR) is 129 cm³/mol. The Labute approximate surface area is 199 Å². The van der Waals surface area contributed by atoms with Crippen LogP contribution in [0.5, 0.6) is 0 Å². The zero-order valence-electron chi connectivity index (χ0n) is 21.2. The molecule has 5 rings (SSSR count). The first-order chi connectivity index (χ1) is 15.7. The van der Waals surface area contributed by atoms with Gasteiger partial charge in [0.25, 0.3) is 0 Å². The average molecular weight is 457 g/mol. The molecule has 0 unspecified atom stereocenters. The summed E-state index contributed by atoms with van der Waals surface area (Å²) in [6, 6.07) is 0. The third kappa shape index (κ3) is 3.91. The van der Waals surface area contributed by atoms with E-state index in [-0.39, 0.29) is 11.3 Å². The molecule has 0 bridgehead atoms. The van der Waals surface area contributed by atoms with E-state index in [1.54, 1.807) is 13.4 Å². The lowest BCUT2D eigenvalue weighted by Gasteiger charge is -2.62. The maximum atomic E-state index is 13.4. The highest BCUT2D eigenvalue weighted by molar-refractivity contribution is 5.82. The number of rotatable bonds is 6. The molecule has 8 atom stereocenters. The van der Waals surface area contributed by atoms with E-state index >= 15 is 0 Å². The van der Waals surface area contributed by atoms with Gasteiger partial charge in [-0.2, -0.15) is 0 Å². The van der Waals surface area contributed by atoms with Crippen LogP contribution in [0.15, 0.2) is 12.5 Å². The van der Waals surface area contributed by atoms with Gasteiger partial charge in [-0.15, -0.1) is 0 Å². The Morgan fingerprint density at radius 1 is 1.12 bits per heavy atom. The van der Waals surface area contributed by atoms with Crippen LogP contribution in [-0.2, 0) is 16.1 Å². The molecule has 1 aromatic heterocycles. The molecule has 4 aliphatic carbocycles. The summed E-state index contributed by atoms with van der Waals surface area (Å²) in [5.74, 6) is 3.43. The Morgan fingerprint density at radius 3 is 2.64 bits per heavy atom. The van der Waals surface area contributed by atoms with Crippen molar-refractivity contribution in [3.05, 3.63) is 18.2 Å². The van der Waals surface area contributed by atoms with Crippen LogP contribution in [0.3, 0.4) is 0 Å². The van der Waals surface area contributed by atoms with Crippen LogP contribution in [0.4, 0.5) is 0 Å². The molecule has 0 saturated heterocycles. The molecule has 33 heavy (non-hydrogen) atoms. The quantitative estimate of drug-likeness (QED) is 0.640. The monoisotopic (exact) mass is 456 g/mol. The number of aryl methyl sites for hydroxylation is 1. The van der Waals surface area contributed by atoms with Crippen molar-refractivity contribution >= 4 is 5.78 Å². The summed E-state index contributed by atoms with van der Waals surface area (Å²) in [7, 11) is 1.73. The van der Waals surface area contributed by atoms with Crippen molar-refractivity contribution in [1.82, 2.24) is 9.55 Å². The second-order valence-electron chi connectivity index (χ2n) is 12.7. The maximum Gasteiger partial charge on any atom is 0.156 e. The zero-order chi connectivity index (χ0) is 23.4. The summed E-state index contributed by atoms with van der Waals surface area (Å²) in [4.78, 5) is 17.7. The highest BCUT2D eigenvalue weighted by atomic mass is 16.5. The van der Waals surface area contributed by atoms with Crippen LogP contribution < -0.4 is 0 Å². The van der Waals surface area contributed by atoms with E-state index in [2.05, 4.69) is 18.8 Å². The summed E-state index contributed by atoms with van der Waals surface area (Å²) in [6.45, 7) is 8.10. The summed E-state index contributed by atoms with van der Waals surface area (Å²) in [5.41, 5.74) is 0.947. The van der Waals surface area contributed by atoms with E-state index in [1.807, 2.05) is 17.7 Å². The highest BCUT2D eigenvalue weighted by Crippen LogP contribution is 2.68. The molecule has 1 aromatic rings. The maximum absolute atomic E-state index is 13.4. The molecule has 0 aromatic carbocycles. The number of fused-ring (bicyclic) bond motifs is 5. The van der Waals surface area contributed by atoms with Gasteiger partial charge in [-0.25, -0.2) is 4.98 Å². The molecule has 4 fully saturated rings. The number of ether oxygens (including phenoxy) is 1. The van der Waals surface area contributed by atoms with Crippen molar-refractivity contribution in [2.45, 2.75) is 97.1 Å². The minimum atomic E-state index is -0.535. The molecule has 5 heteroatoms. The number of hydrogen-bond donors (Lipinski definition) is 1. The van der Waals surface area contributed by atoms with Gasteiger partial charge in [0.2, 0.25) is 0 Å². The first kappa shape index (κ1) is 23.5. The third-order valence-corrected chi connectivity index (χ3v) is 11.1. The zero-order valence-corrected chi connectivity index (χ0v) is 21.2. The lowest BCUT2D eigenvalue weighted by Crippen LogP contribution is -2.56. The molecule has 184 valence electrons. The van der Waals surface area contributed by atoms with E-state index in [1.165, 1.54) is 32.1 Å². The van der Waals surface area contributed by atoms with Crippen molar-refractivity contribution in [2.75, 3.05) is 13.7 Å². The number of methoxy groups -OCH3 is 1. The molecular formula is C28H44N2O3. The van der Waals surface area contributed by atoms with Crippen molar-refractivity contribution in [3.63, 3.8) is 0 Å². The topological polar surface area (TPSA) is 64.3 Å². The number of hydrogen-bond acceptors (Lipinski definition) is 4. The van der Waals surface area contributed by atoms with E-state index in [0.29, 0.717) is 36.2 Å². The van der Waals surface area contributed by atoms with Gasteiger partial charge < -0.3 is 14.4 Å². The summed E-state index contributed by atoms with van der Waals surface area (Å²) in [5, 5.41) is 11.2. The molecule has 1 N–H and O–H groups in total. The highest BCUT2D eigenvalue weighted by Gasteiger charge is 2.62. The number of aliphatic hydroxyl groups is 1. The van der Waals surface area contributed by atoms with Gasteiger partial charge >= 0.3 is 0 Å². The Kier molecular flexibility index (Phi) is 6.05. The number of carbonyl (C=O) groups is 1. The van der Waals surface area contributed by atoms with E-state index in [4.69, 9.17) is 4.74 Å². The SMILES string of the molecule is COCC[C@@]1(O)CC[C@@]2(C)[C@@H](CC[C@@H]3[C@@H]2CC[C@]2(C)[C@@H](C(=O)Cn4cnc(C)c4)CC[C@@H]32)C1. The minimum Gasteiger partial charge on any atom is -0.390 e. The lowest BCUT2D eigenvalue weighted by atomic mass is 9.43. The second-order valence-corrected chi connectivity index (χ2v) is 12.7. The van der Waals surface area contributed by atoms with Gasteiger partial charge in [0.05, 0.1) is 24.2 Å². The molecule has 4 saturated carbocycles. The fourth-order valence-electron chi connectivity index (χ4n) is 9.22. The fourth-order valence-corrected chi connectivity index (χ4v) is 9.22. The van der Waals surface area contributed by atoms with Crippen LogP contribution in [0.25, 0.3) is 0 Å². The van der Waals surface area contributed by atoms with Crippen molar-refractivity contribution in [2.24, 2.45) is 40.4 Å². The molecule has 4 aliphatic rings. The molecule has 1 heterocycles. The van der Waals surface area contributed by atoms with E-state index in [9.17, 15) is 9.90 Å². The van der Waals surface area contributed by atoms with Crippen LogP contribution in [0, 0.1) is 47.3 Å². The molecular weight excluding hydrogens is 412 g/mol. The van der Waals surface area contributed by atoms with Crippen LogP contribution in [0.2, 0.25) is 0 Å². The average Bonchev–Trinajstić information content (AvgIpc) is 3.35. The fraction of sp³-hybridized carbons (Fsp3) is 0.857. The Balaban J connectivity index is 1.30. The van der Waals surface area contributed by atoms with Crippen molar-refractivity contribution in [1.29, 1.82) is 0 Å². The number of aromatic nitrogens is 2. The molecule has 0 radical (unpaired) electrons. The third-order valence-electron chi connectivity index (χ3n) is 11.1. The first-order valence-electron chi connectivity index (χ1n) is 13.4. The molecule has 0 amide bonds.